The van der Waals surface area contributed by atoms with E-state index in [0.29, 0.717) is 69.8 Å². The zero-order chi connectivity index (χ0) is 26.8. The van der Waals surface area contributed by atoms with Crippen molar-refractivity contribution < 1.29 is 23.4 Å². The van der Waals surface area contributed by atoms with Gasteiger partial charge in [-0.3, -0.25) is 0 Å². The average molecular weight is 544 g/mol. The van der Waals surface area contributed by atoms with E-state index < -0.39 is 17.6 Å². The number of nitrogens with zero attached hydrogens (tertiary/aromatic N) is 1. The number of carbonyl (C=O) groups is 1. The molecule has 0 bridgehead atoms. The number of carbonyl (C=O) groups excluding carboxylic acids is 1. The van der Waals surface area contributed by atoms with Crippen LogP contribution in [0.2, 0.25) is 5.02 Å². The van der Waals surface area contributed by atoms with Crippen LogP contribution in [0.4, 0.5) is 13.6 Å². The number of likely N-dealkylation sites (tertiary alicyclic amines) is 1. The van der Waals surface area contributed by atoms with Gasteiger partial charge in [0, 0.05) is 50.9 Å². The number of piperidine rings is 1. The molecule has 2 aliphatic rings. The van der Waals surface area contributed by atoms with Crippen molar-refractivity contribution in [3.8, 4) is 0 Å². The van der Waals surface area contributed by atoms with Crippen LogP contribution in [-0.2, 0) is 10.3 Å². The number of methoxy groups -OCH3 is 1. The first-order valence-corrected chi connectivity index (χ1v) is 14.2. The van der Waals surface area contributed by atoms with Gasteiger partial charge in [-0.15, -0.1) is 0 Å². The molecule has 0 spiro atoms. The molecule has 1 aliphatic carbocycles. The van der Waals surface area contributed by atoms with Crippen molar-refractivity contribution in [2.24, 2.45) is 11.8 Å². The molecule has 9 heteroatoms. The van der Waals surface area contributed by atoms with Gasteiger partial charge in [-0.2, -0.15) is 0 Å². The number of hydrogen-bond acceptors (Lipinski definition) is 4. The number of rotatable bonds is 12. The second-order valence-corrected chi connectivity index (χ2v) is 11.2. The maximum atomic E-state index is 14.4. The lowest BCUT2D eigenvalue weighted by Gasteiger charge is -2.43. The molecule has 1 aromatic carbocycles. The molecule has 37 heavy (non-hydrogen) atoms. The minimum atomic E-state index is -1.36. The van der Waals surface area contributed by atoms with Crippen molar-refractivity contribution in [2.75, 3.05) is 40.4 Å². The van der Waals surface area contributed by atoms with Crippen LogP contribution in [0.1, 0.15) is 69.8 Å². The van der Waals surface area contributed by atoms with Gasteiger partial charge in [0.1, 0.15) is 12.0 Å². The fraction of sp³-hybridized carbons (Fsp3) is 0.750. The molecule has 0 radical (unpaired) electrons. The Hall–Kier alpha value is -1.48. The van der Waals surface area contributed by atoms with Crippen LogP contribution in [0.15, 0.2) is 18.2 Å². The average Bonchev–Trinajstić information content (AvgIpc) is 2.89. The molecular formula is C28H44ClF2N3O3. The molecule has 1 saturated heterocycles. The predicted octanol–water partition coefficient (Wildman–Crippen LogP) is 5.41. The lowest BCUT2D eigenvalue weighted by atomic mass is 9.74. The number of halogens is 3. The van der Waals surface area contributed by atoms with Crippen LogP contribution in [0.3, 0.4) is 0 Å². The first-order valence-electron chi connectivity index (χ1n) is 13.8. The van der Waals surface area contributed by atoms with Gasteiger partial charge >= 0.3 is 6.03 Å². The van der Waals surface area contributed by atoms with Gasteiger partial charge < -0.3 is 25.4 Å². The number of unbranched alkanes of at least 4 members (excludes halogenated alkanes) is 1. The smallest absolute Gasteiger partial charge is 0.317 e. The minimum Gasteiger partial charge on any atom is -0.385 e. The Morgan fingerprint density at radius 1 is 1.27 bits per heavy atom. The number of benzene rings is 1. The van der Waals surface area contributed by atoms with Crippen LogP contribution in [0.5, 0.6) is 0 Å². The quantitative estimate of drug-likeness (QED) is 0.308. The highest BCUT2D eigenvalue weighted by atomic mass is 35.5. The molecule has 1 aliphatic heterocycles. The van der Waals surface area contributed by atoms with E-state index in [-0.39, 0.29) is 23.0 Å². The first kappa shape index (κ1) is 30.1. The van der Waals surface area contributed by atoms with Crippen molar-refractivity contribution in [1.82, 2.24) is 15.5 Å². The number of amides is 2. The number of nitrogens with one attached hydrogen (secondary N) is 2. The highest BCUT2D eigenvalue weighted by Crippen LogP contribution is 2.43. The van der Waals surface area contributed by atoms with Gasteiger partial charge in [0.05, 0.1) is 10.6 Å². The van der Waals surface area contributed by atoms with Crippen molar-refractivity contribution in [3.63, 3.8) is 0 Å². The molecule has 3 rings (SSSR count). The predicted molar refractivity (Wildman–Crippen MR) is 143 cm³/mol. The standard InChI is InChI=1S/C28H44ClF2N3O3/c1-32-18-23(17-20-10-12-22(30)13-11-20)33-27(35)34-15-6-7-21(19-34)28(36,14-3-4-16-37-2)24-8-5-9-25(31)26(24)29/h5,8-9,20-23,32,36H,3-4,6-7,10-19H2,1-2H3,(H,33,35)/t20?,21?,22?,23?,28-/m0/s1. The molecule has 1 heterocycles. The Kier molecular flexibility index (Phi) is 11.9. The Morgan fingerprint density at radius 3 is 2.73 bits per heavy atom. The maximum Gasteiger partial charge on any atom is 0.317 e. The summed E-state index contributed by atoms with van der Waals surface area (Å²) in [6.07, 6.45) is 6.34. The summed E-state index contributed by atoms with van der Waals surface area (Å²) in [4.78, 5) is 15.1. The molecule has 2 unspecified atom stereocenters. The van der Waals surface area contributed by atoms with Crippen molar-refractivity contribution in [3.05, 3.63) is 34.6 Å². The van der Waals surface area contributed by atoms with Crippen LogP contribution >= 0.6 is 11.6 Å². The summed E-state index contributed by atoms with van der Waals surface area (Å²) < 4.78 is 33.1. The van der Waals surface area contributed by atoms with Crippen molar-refractivity contribution in [2.45, 2.75) is 82.0 Å². The largest absolute Gasteiger partial charge is 0.385 e. The molecular weight excluding hydrogens is 500 g/mol. The van der Waals surface area contributed by atoms with Crippen molar-refractivity contribution >= 4 is 17.6 Å². The summed E-state index contributed by atoms with van der Waals surface area (Å²) in [6.45, 7) is 2.17. The Morgan fingerprint density at radius 2 is 2.03 bits per heavy atom. The fourth-order valence-electron chi connectivity index (χ4n) is 6.05. The molecule has 210 valence electrons. The molecule has 2 fully saturated rings. The third-order valence-electron chi connectivity index (χ3n) is 8.13. The Balaban J connectivity index is 1.70. The molecule has 1 aromatic rings. The lowest BCUT2D eigenvalue weighted by molar-refractivity contribution is -0.0565. The maximum absolute atomic E-state index is 14.4. The summed E-state index contributed by atoms with van der Waals surface area (Å²) in [5, 5.41) is 18.3. The van der Waals surface area contributed by atoms with E-state index in [1.54, 1.807) is 24.1 Å². The number of hydrogen-bond donors (Lipinski definition) is 3. The normalized spacial score (nSPS) is 24.9. The van der Waals surface area contributed by atoms with E-state index in [2.05, 4.69) is 10.6 Å². The van der Waals surface area contributed by atoms with Crippen LogP contribution in [0, 0.1) is 17.7 Å². The van der Waals surface area contributed by atoms with Gasteiger partial charge in [-0.05, 0) is 83.2 Å². The molecule has 0 aromatic heterocycles. The fourth-order valence-corrected chi connectivity index (χ4v) is 6.34. The topological polar surface area (TPSA) is 73.8 Å². The zero-order valence-electron chi connectivity index (χ0n) is 22.3. The van der Waals surface area contributed by atoms with E-state index in [0.717, 1.165) is 32.1 Å². The van der Waals surface area contributed by atoms with Gasteiger partial charge in [0.15, 0.2) is 0 Å². The summed E-state index contributed by atoms with van der Waals surface area (Å²) in [5.74, 6) is -0.430. The monoisotopic (exact) mass is 543 g/mol. The van der Waals surface area contributed by atoms with E-state index in [9.17, 15) is 18.7 Å². The van der Waals surface area contributed by atoms with Crippen LogP contribution in [-0.4, -0.2) is 68.6 Å². The number of ether oxygens (including phenoxy) is 1. The summed E-state index contributed by atoms with van der Waals surface area (Å²) in [6, 6.07) is 4.35. The summed E-state index contributed by atoms with van der Waals surface area (Å²) in [5.41, 5.74) is -0.975. The van der Waals surface area contributed by atoms with E-state index in [4.69, 9.17) is 16.3 Å². The first-order chi connectivity index (χ1) is 17.8. The van der Waals surface area contributed by atoms with Gasteiger partial charge in [-0.1, -0.05) is 23.7 Å². The third kappa shape index (κ3) is 8.25. The van der Waals surface area contributed by atoms with E-state index >= 15 is 0 Å². The molecule has 3 N–H and O–H groups in total. The number of alkyl halides is 1. The van der Waals surface area contributed by atoms with Gasteiger partial charge in [0.25, 0.3) is 0 Å². The number of likely N-dealkylation sites (N-methyl/N-ethyl adjacent to an activating group) is 1. The van der Waals surface area contributed by atoms with Crippen LogP contribution < -0.4 is 10.6 Å². The zero-order valence-corrected chi connectivity index (χ0v) is 23.0. The van der Waals surface area contributed by atoms with Gasteiger partial charge in [0.2, 0.25) is 0 Å². The van der Waals surface area contributed by atoms with Gasteiger partial charge in [-0.25, -0.2) is 13.6 Å². The highest BCUT2D eigenvalue weighted by Gasteiger charge is 2.43. The lowest BCUT2D eigenvalue weighted by Crippen LogP contribution is -2.54. The van der Waals surface area contributed by atoms with E-state index in [1.807, 2.05) is 7.05 Å². The SMILES string of the molecule is CNCC(CC1CCC(F)CC1)NC(=O)N1CCCC([C@@](O)(CCCCOC)c2cccc(F)c2Cl)C1. The highest BCUT2D eigenvalue weighted by molar-refractivity contribution is 6.31. The van der Waals surface area contributed by atoms with E-state index in [1.165, 1.54) is 6.07 Å². The Bertz CT molecular complexity index is 856. The summed E-state index contributed by atoms with van der Waals surface area (Å²) in [7, 11) is 3.50. The molecule has 2 amide bonds. The second-order valence-electron chi connectivity index (χ2n) is 10.8. The second kappa shape index (κ2) is 14.6. The van der Waals surface area contributed by atoms with Crippen LogP contribution in [0.25, 0.3) is 0 Å². The number of urea groups is 1. The molecule has 1 saturated carbocycles. The van der Waals surface area contributed by atoms with Crippen molar-refractivity contribution in [1.29, 1.82) is 0 Å². The Labute approximate surface area is 225 Å². The molecule has 6 nitrogen and oxygen atoms in total. The summed E-state index contributed by atoms with van der Waals surface area (Å²) >= 11 is 6.36. The molecule has 3 atom stereocenters. The number of aliphatic hydroxyl groups is 1. The minimum absolute atomic E-state index is 0.0513. The third-order valence-corrected chi connectivity index (χ3v) is 8.51.